The van der Waals surface area contributed by atoms with Gasteiger partial charge < -0.3 is 19.8 Å². The first-order valence-electron chi connectivity index (χ1n) is 15.7. The van der Waals surface area contributed by atoms with Gasteiger partial charge in [0.1, 0.15) is 11.8 Å². The van der Waals surface area contributed by atoms with Gasteiger partial charge >= 0.3 is 6.09 Å². The van der Waals surface area contributed by atoms with Crippen molar-refractivity contribution in [1.29, 1.82) is 0 Å². The van der Waals surface area contributed by atoms with E-state index in [0.717, 1.165) is 21.3 Å². The molecule has 43 heavy (non-hydrogen) atoms. The summed E-state index contributed by atoms with van der Waals surface area (Å²) >= 11 is 3.64. The molecular weight excluding hydrogens is 622 g/mol. The van der Waals surface area contributed by atoms with Gasteiger partial charge in [0.25, 0.3) is 0 Å². The fourth-order valence-electron chi connectivity index (χ4n) is 8.81. The van der Waals surface area contributed by atoms with Gasteiger partial charge in [-0.05, 0) is 79.6 Å². The van der Waals surface area contributed by atoms with Crippen molar-refractivity contribution in [3.63, 3.8) is 0 Å². The van der Waals surface area contributed by atoms with Crippen molar-refractivity contribution in [2.75, 3.05) is 23.4 Å². The summed E-state index contributed by atoms with van der Waals surface area (Å²) < 4.78 is 14.1. The van der Waals surface area contributed by atoms with Crippen LogP contribution >= 0.6 is 15.9 Å². The van der Waals surface area contributed by atoms with E-state index in [1.54, 1.807) is 4.90 Å². The summed E-state index contributed by atoms with van der Waals surface area (Å²) in [5.74, 6) is 0.00324. The number of para-hydroxylation sites is 1. The molecule has 7 nitrogen and oxygen atoms in total. The number of carbonyl (C=O) groups excluding carboxylic acids is 2. The molecule has 0 aliphatic carbocycles. The first-order valence-corrected chi connectivity index (χ1v) is 18.7. The summed E-state index contributed by atoms with van der Waals surface area (Å²) in [5.41, 5.74) is 2.42. The number of hydrogen-bond acceptors (Lipinski definition) is 5. The van der Waals surface area contributed by atoms with Gasteiger partial charge in [0.05, 0.1) is 16.5 Å². The Labute approximate surface area is 266 Å². The van der Waals surface area contributed by atoms with E-state index in [-0.39, 0.29) is 5.91 Å². The molecule has 3 aliphatic rings. The van der Waals surface area contributed by atoms with Gasteiger partial charge in [0.15, 0.2) is 8.32 Å². The number of benzene rings is 2. The molecule has 3 aliphatic heterocycles. The average molecular weight is 671 g/mol. The molecule has 1 saturated heterocycles. The molecule has 3 heterocycles. The van der Waals surface area contributed by atoms with Crippen molar-refractivity contribution in [3.05, 3.63) is 58.1 Å². The maximum atomic E-state index is 14.4. The van der Waals surface area contributed by atoms with Gasteiger partial charge in [-0.25, -0.2) is 4.79 Å². The van der Waals surface area contributed by atoms with Crippen LogP contribution < -0.4 is 15.5 Å². The largest absolute Gasteiger partial charge is 0.443 e. The Morgan fingerprint density at radius 1 is 1.05 bits per heavy atom. The Morgan fingerprint density at radius 3 is 2.28 bits per heavy atom. The van der Waals surface area contributed by atoms with Crippen LogP contribution in [0.2, 0.25) is 16.6 Å². The molecule has 9 heteroatoms. The van der Waals surface area contributed by atoms with Crippen LogP contribution in [0.5, 0.6) is 0 Å². The van der Waals surface area contributed by atoms with Crippen LogP contribution in [0.1, 0.15) is 86.3 Å². The van der Waals surface area contributed by atoms with E-state index < -0.39 is 37.0 Å². The molecule has 2 aromatic carbocycles. The van der Waals surface area contributed by atoms with Gasteiger partial charge in [-0.1, -0.05) is 81.7 Å². The number of ether oxygens (including phenoxy) is 1. The molecule has 234 valence electrons. The number of halogens is 1. The Kier molecular flexibility index (Phi) is 8.36. The van der Waals surface area contributed by atoms with Gasteiger partial charge in [-0.2, -0.15) is 0 Å². The van der Waals surface area contributed by atoms with E-state index in [9.17, 15) is 9.59 Å². The molecule has 3 atom stereocenters. The van der Waals surface area contributed by atoms with Crippen molar-refractivity contribution in [3.8, 4) is 0 Å². The lowest BCUT2D eigenvalue weighted by atomic mass is 9.52. The Balaban J connectivity index is 1.75. The minimum atomic E-state index is -2.20. The fourth-order valence-corrected chi connectivity index (χ4v) is 14.6. The number of amides is 2. The highest BCUT2D eigenvalue weighted by atomic mass is 79.9. The topological polar surface area (TPSA) is 79.9 Å². The maximum Gasteiger partial charge on any atom is 0.416 e. The van der Waals surface area contributed by atoms with Crippen LogP contribution in [0.25, 0.3) is 0 Å². The number of fused-ring (bicyclic) bond motifs is 6. The lowest BCUT2D eigenvalue weighted by Crippen LogP contribution is -2.69. The minimum absolute atomic E-state index is 0.00324. The summed E-state index contributed by atoms with van der Waals surface area (Å²) in [5, 5.41) is 6.93. The van der Waals surface area contributed by atoms with E-state index in [1.807, 2.05) is 51.1 Å². The lowest BCUT2D eigenvalue weighted by Gasteiger charge is -2.56. The zero-order chi connectivity index (χ0) is 31.5. The van der Waals surface area contributed by atoms with E-state index in [0.29, 0.717) is 48.3 Å². The smallest absolute Gasteiger partial charge is 0.416 e. The third-order valence-corrected chi connectivity index (χ3v) is 16.8. The van der Waals surface area contributed by atoms with Crippen molar-refractivity contribution in [1.82, 2.24) is 5.32 Å². The van der Waals surface area contributed by atoms with E-state index in [2.05, 4.69) is 80.2 Å². The van der Waals surface area contributed by atoms with Crippen LogP contribution in [0.3, 0.4) is 0 Å². The maximum absolute atomic E-state index is 14.4. The Bertz CT molecular complexity index is 1380. The van der Waals surface area contributed by atoms with Crippen LogP contribution in [-0.4, -0.2) is 45.2 Å². The third kappa shape index (κ3) is 4.76. The summed E-state index contributed by atoms with van der Waals surface area (Å²) in [4.78, 5) is 30.4. The average Bonchev–Trinajstić information content (AvgIpc) is 3.44. The highest BCUT2D eigenvalue weighted by Crippen LogP contribution is 2.64. The normalized spacial score (nSPS) is 24.7. The highest BCUT2D eigenvalue weighted by Gasteiger charge is 2.71. The summed E-state index contributed by atoms with van der Waals surface area (Å²) in [7, 11) is -2.20. The molecular formula is C34H48BrN3O4Si. The number of nitrogens with one attached hydrogen (secondary N) is 2. The number of nitrogens with zero attached hydrogens (tertiary/aromatic N) is 1. The van der Waals surface area contributed by atoms with Gasteiger partial charge in [-0.3, -0.25) is 9.69 Å². The van der Waals surface area contributed by atoms with Gasteiger partial charge in [-0.15, -0.1) is 0 Å². The van der Waals surface area contributed by atoms with E-state index in [4.69, 9.17) is 9.16 Å². The zero-order valence-corrected chi connectivity index (χ0v) is 29.7. The molecule has 0 unspecified atom stereocenters. The molecule has 0 bridgehead atoms. The van der Waals surface area contributed by atoms with Crippen molar-refractivity contribution in [2.24, 2.45) is 0 Å². The predicted molar refractivity (Wildman–Crippen MR) is 179 cm³/mol. The van der Waals surface area contributed by atoms with Crippen molar-refractivity contribution < 1.29 is 18.8 Å². The molecule has 0 saturated carbocycles. The van der Waals surface area contributed by atoms with Crippen LogP contribution in [-0.2, 0) is 24.8 Å². The molecule has 2 N–H and O–H groups in total. The summed E-state index contributed by atoms with van der Waals surface area (Å²) in [6, 6.07) is 14.2. The van der Waals surface area contributed by atoms with E-state index in [1.165, 1.54) is 0 Å². The van der Waals surface area contributed by atoms with Crippen LogP contribution in [0, 0.1) is 0 Å². The molecule has 1 fully saturated rings. The quantitative estimate of drug-likeness (QED) is 0.290. The molecule has 0 aromatic heterocycles. The van der Waals surface area contributed by atoms with Gasteiger partial charge in [0.2, 0.25) is 5.91 Å². The second-order valence-electron chi connectivity index (χ2n) is 14.4. The predicted octanol–water partition coefficient (Wildman–Crippen LogP) is 8.23. The number of rotatable bonds is 7. The fraction of sp³-hybridized carbons (Fsp3) is 0.588. The zero-order valence-electron chi connectivity index (χ0n) is 27.1. The highest BCUT2D eigenvalue weighted by molar-refractivity contribution is 9.10. The standard InChI is InChI=1S/C34H48BrN3O4Si/c1-21(2)43(22(3)4,23(5)6)41-19-17-33-25-12-10-11-13-27(25)37-29(33)38(31(40)42-32(7,8)9)28-20-24(35)14-15-26(28)34(33)16-18-36-30(34)39/h10-15,20-23,29,37H,16-19H2,1-9H3,(H,36,39)/t29-,33-,34+/m0/s1. The first-order chi connectivity index (χ1) is 20.1. The van der Waals surface area contributed by atoms with Crippen LogP contribution in [0.15, 0.2) is 46.9 Å². The summed E-state index contributed by atoms with van der Waals surface area (Å²) in [6.45, 7) is 20.5. The minimum Gasteiger partial charge on any atom is -0.443 e. The second-order valence-corrected chi connectivity index (χ2v) is 20.8. The van der Waals surface area contributed by atoms with Crippen molar-refractivity contribution >= 4 is 47.6 Å². The molecule has 2 amide bonds. The van der Waals surface area contributed by atoms with Gasteiger partial charge in [0, 0.05) is 23.3 Å². The number of hydrogen-bond donors (Lipinski definition) is 2. The monoisotopic (exact) mass is 669 g/mol. The first kappa shape index (κ1) is 32.0. The molecule has 0 radical (unpaired) electrons. The van der Waals surface area contributed by atoms with Crippen LogP contribution in [0.4, 0.5) is 16.2 Å². The number of carbonyl (C=O) groups is 2. The molecule has 2 aromatic rings. The number of anilines is 2. The third-order valence-electron chi connectivity index (χ3n) is 10.2. The van der Waals surface area contributed by atoms with Crippen molar-refractivity contribution in [2.45, 2.75) is 114 Å². The summed E-state index contributed by atoms with van der Waals surface area (Å²) in [6.07, 6.45) is 0.203. The lowest BCUT2D eigenvalue weighted by molar-refractivity contribution is -0.127. The second kappa shape index (κ2) is 11.2. The SMILES string of the molecule is CC(C)[Si](OCC[C@]12c3ccccc3N[C@H]1N(C(=O)OC(C)(C)C)c1cc(Br)ccc1[C@@]21CCNC1=O)(C(C)C)C(C)C. The van der Waals surface area contributed by atoms with E-state index >= 15 is 0 Å². The molecule has 5 rings (SSSR count). The molecule has 1 spiro atoms. The Hall–Kier alpha value is -2.36. The Morgan fingerprint density at radius 2 is 1.70 bits per heavy atom.